The lowest BCUT2D eigenvalue weighted by molar-refractivity contribution is 0.356. The third-order valence-corrected chi connectivity index (χ3v) is 3.09. The van der Waals surface area contributed by atoms with E-state index < -0.39 is 0 Å². The van der Waals surface area contributed by atoms with Crippen LogP contribution in [0.4, 0.5) is 5.95 Å². The highest BCUT2D eigenvalue weighted by Gasteiger charge is 2.20. The number of halogens is 1. The van der Waals surface area contributed by atoms with Gasteiger partial charge >= 0.3 is 0 Å². The standard InChI is InChI=1S/C11H18BrN3O/c1-7(11(2,3)4)14-10-13-6-8(12)9(15-10)16-5/h6-7H,1-5H3,(H,13,14,15). The summed E-state index contributed by atoms with van der Waals surface area (Å²) in [5.74, 6) is 1.13. The fourth-order valence-electron chi connectivity index (χ4n) is 0.974. The van der Waals surface area contributed by atoms with Gasteiger partial charge in [-0.25, -0.2) is 4.98 Å². The van der Waals surface area contributed by atoms with Crippen molar-refractivity contribution in [1.29, 1.82) is 0 Å². The Morgan fingerprint density at radius 1 is 1.44 bits per heavy atom. The zero-order valence-electron chi connectivity index (χ0n) is 10.3. The maximum absolute atomic E-state index is 5.11. The number of anilines is 1. The second-order valence-electron chi connectivity index (χ2n) is 4.78. The lowest BCUT2D eigenvalue weighted by Gasteiger charge is -2.28. The molecule has 90 valence electrons. The maximum Gasteiger partial charge on any atom is 0.232 e. The number of hydrogen-bond donors (Lipinski definition) is 1. The van der Waals surface area contributed by atoms with Gasteiger partial charge in [0.25, 0.3) is 0 Å². The molecule has 1 aromatic heterocycles. The minimum absolute atomic E-state index is 0.156. The van der Waals surface area contributed by atoms with Crippen molar-refractivity contribution in [2.45, 2.75) is 33.7 Å². The van der Waals surface area contributed by atoms with Crippen LogP contribution in [0, 0.1) is 5.41 Å². The van der Waals surface area contributed by atoms with Gasteiger partial charge in [0.15, 0.2) is 0 Å². The number of hydrogen-bond acceptors (Lipinski definition) is 4. The van der Waals surface area contributed by atoms with E-state index in [1.165, 1.54) is 0 Å². The molecule has 0 aliphatic heterocycles. The molecular weight excluding hydrogens is 270 g/mol. The number of ether oxygens (including phenoxy) is 1. The van der Waals surface area contributed by atoms with Crippen LogP contribution in [0.25, 0.3) is 0 Å². The first-order chi connectivity index (χ1) is 7.34. The molecule has 4 nitrogen and oxygen atoms in total. The molecule has 1 aromatic rings. The average molecular weight is 288 g/mol. The van der Waals surface area contributed by atoms with E-state index in [4.69, 9.17) is 4.74 Å². The Morgan fingerprint density at radius 2 is 2.06 bits per heavy atom. The molecule has 0 saturated carbocycles. The molecule has 16 heavy (non-hydrogen) atoms. The molecule has 1 unspecified atom stereocenters. The van der Waals surface area contributed by atoms with Gasteiger partial charge in [0.2, 0.25) is 11.8 Å². The van der Waals surface area contributed by atoms with Gasteiger partial charge in [-0.05, 0) is 28.3 Å². The van der Waals surface area contributed by atoms with Crippen LogP contribution in [0.5, 0.6) is 5.88 Å². The van der Waals surface area contributed by atoms with Crippen molar-refractivity contribution in [3.63, 3.8) is 0 Å². The largest absolute Gasteiger partial charge is 0.480 e. The first-order valence-electron chi connectivity index (χ1n) is 5.17. The summed E-state index contributed by atoms with van der Waals surface area (Å²) in [4.78, 5) is 8.44. The van der Waals surface area contributed by atoms with Crippen LogP contribution in [0.2, 0.25) is 0 Å². The first-order valence-corrected chi connectivity index (χ1v) is 5.97. The van der Waals surface area contributed by atoms with E-state index in [0.717, 1.165) is 4.47 Å². The molecule has 0 fully saturated rings. The van der Waals surface area contributed by atoms with E-state index in [0.29, 0.717) is 11.8 Å². The topological polar surface area (TPSA) is 47.0 Å². The SMILES string of the molecule is COc1nc(NC(C)C(C)(C)C)ncc1Br. The van der Waals surface area contributed by atoms with E-state index in [-0.39, 0.29) is 11.5 Å². The lowest BCUT2D eigenvalue weighted by atomic mass is 9.88. The molecule has 1 rings (SSSR count). The van der Waals surface area contributed by atoms with E-state index in [9.17, 15) is 0 Å². The highest BCUT2D eigenvalue weighted by Crippen LogP contribution is 2.25. The Balaban J connectivity index is 2.82. The van der Waals surface area contributed by atoms with Crippen molar-refractivity contribution in [2.75, 3.05) is 12.4 Å². The van der Waals surface area contributed by atoms with Crippen molar-refractivity contribution in [1.82, 2.24) is 9.97 Å². The normalized spacial score (nSPS) is 13.4. The second kappa shape index (κ2) is 4.99. The van der Waals surface area contributed by atoms with Gasteiger partial charge in [0.1, 0.15) is 0 Å². The second-order valence-corrected chi connectivity index (χ2v) is 5.64. The van der Waals surface area contributed by atoms with Gasteiger partial charge in [0.05, 0.1) is 17.8 Å². The quantitative estimate of drug-likeness (QED) is 0.928. The van der Waals surface area contributed by atoms with Gasteiger partial charge in [-0.1, -0.05) is 20.8 Å². The summed E-state index contributed by atoms with van der Waals surface area (Å²) in [5, 5.41) is 3.26. The number of aromatic nitrogens is 2. The van der Waals surface area contributed by atoms with Crippen molar-refractivity contribution in [3.05, 3.63) is 10.7 Å². The Kier molecular flexibility index (Phi) is 4.13. The summed E-state index contributed by atoms with van der Waals surface area (Å²) >= 11 is 3.32. The highest BCUT2D eigenvalue weighted by atomic mass is 79.9. The smallest absolute Gasteiger partial charge is 0.232 e. The molecule has 0 aliphatic rings. The Hall–Kier alpha value is -0.840. The Labute approximate surface area is 105 Å². The number of nitrogens with one attached hydrogen (secondary N) is 1. The van der Waals surface area contributed by atoms with Crippen LogP contribution in [0.15, 0.2) is 10.7 Å². The van der Waals surface area contributed by atoms with Gasteiger partial charge < -0.3 is 10.1 Å². The molecule has 0 bridgehead atoms. The molecule has 5 heteroatoms. The van der Waals surface area contributed by atoms with Crippen molar-refractivity contribution in [2.24, 2.45) is 5.41 Å². The van der Waals surface area contributed by atoms with Crippen LogP contribution >= 0.6 is 15.9 Å². The fourth-order valence-corrected chi connectivity index (χ4v) is 1.33. The third-order valence-electron chi connectivity index (χ3n) is 2.55. The summed E-state index contributed by atoms with van der Waals surface area (Å²) < 4.78 is 5.87. The Bertz CT molecular complexity index is 363. The van der Waals surface area contributed by atoms with Crippen molar-refractivity contribution in [3.8, 4) is 5.88 Å². The van der Waals surface area contributed by atoms with Crippen LogP contribution in [0.3, 0.4) is 0 Å². The van der Waals surface area contributed by atoms with E-state index in [2.05, 4.69) is 58.9 Å². The number of nitrogens with zero attached hydrogens (tertiary/aromatic N) is 2. The van der Waals surface area contributed by atoms with E-state index in [1.807, 2.05) is 0 Å². The van der Waals surface area contributed by atoms with E-state index in [1.54, 1.807) is 13.3 Å². The maximum atomic E-state index is 5.11. The van der Waals surface area contributed by atoms with Crippen molar-refractivity contribution < 1.29 is 4.74 Å². The van der Waals surface area contributed by atoms with Gasteiger partial charge in [-0.15, -0.1) is 0 Å². The zero-order valence-corrected chi connectivity index (χ0v) is 11.9. The fraction of sp³-hybridized carbons (Fsp3) is 0.636. The predicted molar refractivity (Wildman–Crippen MR) is 68.8 cm³/mol. The molecule has 0 saturated heterocycles. The van der Waals surface area contributed by atoms with E-state index >= 15 is 0 Å². The predicted octanol–water partition coefficient (Wildman–Crippen LogP) is 3.09. The molecule has 1 N–H and O–H groups in total. The Morgan fingerprint density at radius 3 is 2.56 bits per heavy atom. The summed E-state index contributed by atoms with van der Waals surface area (Å²) in [6.45, 7) is 8.61. The summed E-state index contributed by atoms with van der Waals surface area (Å²) in [5.41, 5.74) is 0.156. The summed E-state index contributed by atoms with van der Waals surface area (Å²) in [6, 6.07) is 0.276. The van der Waals surface area contributed by atoms with Gasteiger partial charge in [-0.2, -0.15) is 4.98 Å². The zero-order chi connectivity index (χ0) is 12.3. The van der Waals surface area contributed by atoms with Gasteiger partial charge in [0, 0.05) is 6.04 Å². The van der Waals surface area contributed by atoms with Crippen LogP contribution in [0.1, 0.15) is 27.7 Å². The minimum atomic E-state index is 0.156. The summed E-state index contributed by atoms with van der Waals surface area (Å²) in [6.07, 6.45) is 1.68. The molecule has 1 atom stereocenters. The monoisotopic (exact) mass is 287 g/mol. The number of methoxy groups -OCH3 is 1. The third kappa shape index (κ3) is 3.33. The summed E-state index contributed by atoms with van der Waals surface area (Å²) in [7, 11) is 1.59. The van der Waals surface area contributed by atoms with Crippen LogP contribution in [-0.4, -0.2) is 23.1 Å². The highest BCUT2D eigenvalue weighted by molar-refractivity contribution is 9.10. The van der Waals surface area contributed by atoms with Gasteiger partial charge in [-0.3, -0.25) is 0 Å². The molecule has 0 aliphatic carbocycles. The minimum Gasteiger partial charge on any atom is -0.480 e. The lowest BCUT2D eigenvalue weighted by Crippen LogP contribution is -2.31. The number of rotatable bonds is 3. The molecule has 0 spiro atoms. The molecule has 0 radical (unpaired) electrons. The molecule has 1 heterocycles. The molecule has 0 amide bonds. The molecular formula is C11H18BrN3O. The average Bonchev–Trinajstić information content (AvgIpc) is 2.19. The van der Waals surface area contributed by atoms with Crippen LogP contribution < -0.4 is 10.1 Å². The first kappa shape index (κ1) is 13.2. The molecule has 0 aromatic carbocycles. The van der Waals surface area contributed by atoms with Crippen LogP contribution in [-0.2, 0) is 0 Å². The van der Waals surface area contributed by atoms with Crippen molar-refractivity contribution >= 4 is 21.9 Å².